The fourth-order valence-corrected chi connectivity index (χ4v) is 1.46. The molecule has 16 heavy (non-hydrogen) atoms. The van der Waals surface area contributed by atoms with E-state index >= 15 is 0 Å². The molecule has 0 aromatic carbocycles. The molecule has 0 saturated carbocycles. The number of amides is 1. The van der Waals surface area contributed by atoms with Crippen LogP contribution < -0.4 is 10.6 Å². The van der Waals surface area contributed by atoms with Crippen LogP contribution in [0.4, 0.5) is 0 Å². The van der Waals surface area contributed by atoms with Gasteiger partial charge in [0.15, 0.2) is 0 Å². The van der Waals surface area contributed by atoms with Crippen molar-refractivity contribution >= 4 is 5.91 Å². The van der Waals surface area contributed by atoms with E-state index in [9.17, 15) is 4.79 Å². The number of aromatic nitrogens is 2. The van der Waals surface area contributed by atoms with Crippen molar-refractivity contribution in [3.63, 3.8) is 0 Å². The molecule has 0 unspecified atom stereocenters. The molecule has 5 nitrogen and oxygen atoms in total. The van der Waals surface area contributed by atoms with Gasteiger partial charge in [-0.1, -0.05) is 0 Å². The molecular weight excluding hydrogens is 204 g/mol. The first-order valence-electron chi connectivity index (χ1n) is 5.62. The van der Waals surface area contributed by atoms with Crippen molar-refractivity contribution in [1.29, 1.82) is 0 Å². The van der Waals surface area contributed by atoms with Gasteiger partial charge in [0.25, 0.3) is 0 Å². The molecule has 1 aromatic rings. The van der Waals surface area contributed by atoms with E-state index in [1.807, 2.05) is 24.1 Å². The van der Waals surface area contributed by atoms with Crippen LogP contribution >= 0.6 is 0 Å². The zero-order valence-electron chi connectivity index (χ0n) is 9.99. The summed E-state index contributed by atoms with van der Waals surface area (Å²) in [6, 6.07) is 0. The van der Waals surface area contributed by atoms with Crippen molar-refractivity contribution in [3.8, 4) is 0 Å². The number of aryl methyl sites for hydroxylation is 1. The smallest absolute Gasteiger partial charge is 0.219 e. The number of likely N-dealkylation sites (N-methyl/N-ethyl adjacent to an activating group) is 1. The number of carbonyl (C=O) groups is 1. The zero-order valence-corrected chi connectivity index (χ0v) is 9.99. The molecule has 0 saturated heterocycles. The summed E-state index contributed by atoms with van der Waals surface area (Å²) in [6.45, 7) is 1.79. The maximum atomic E-state index is 11.0. The highest BCUT2D eigenvalue weighted by Crippen LogP contribution is 2.00. The molecule has 0 atom stereocenters. The first kappa shape index (κ1) is 12.7. The van der Waals surface area contributed by atoms with Crippen molar-refractivity contribution in [2.45, 2.75) is 25.8 Å². The predicted octanol–water partition coefficient (Wildman–Crippen LogP) is 0.171. The highest BCUT2D eigenvalue weighted by atomic mass is 16.1. The number of rotatable bonds is 7. The SMILES string of the molecule is CNCCc1cn(CCCC(=O)NC)cn1. The molecule has 90 valence electrons. The lowest BCUT2D eigenvalue weighted by Crippen LogP contribution is -2.17. The largest absolute Gasteiger partial charge is 0.359 e. The lowest BCUT2D eigenvalue weighted by molar-refractivity contribution is -0.120. The summed E-state index contributed by atoms with van der Waals surface area (Å²) in [5, 5.41) is 5.70. The van der Waals surface area contributed by atoms with Crippen LogP contribution in [0.15, 0.2) is 12.5 Å². The average Bonchev–Trinajstić information content (AvgIpc) is 2.74. The van der Waals surface area contributed by atoms with Crippen molar-refractivity contribution in [2.24, 2.45) is 0 Å². The summed E-state index contributed by atoms with van der Waals surface area (Å²) >= 11 is 0. The van der Waals surface area contributed by atoms with Gasteiger partial charge in [-0.25, -0.2) is 4.98 Å². The topological polar surface area (TPSA) is 59.0 Å². The fourth-order valence-electron chi connectivity index (χ4n) is 1.46. The molecular formula is C11H20N4O. The summed E-state index contributed by atoms with van der Waals surface area (Å²) in [6.07, 6.45) is 6.23. The van der Waals surface area contributed by atoms with Crippen LogP contribution in [-0.4, -0.2) is 36.1 Å². The Balaban J connectivity index is 2.26. The molecule has 0 fully saturated rings. The van der Waals surface area contributed by atoms with E-state index in [-0.39, 0.29) is 5.91 Å². The van der Waals surface area contributed by atoms with E-state index in [0.29, 0.717) is 6.42 Å². The standard InChI is InChI=1S/C11H20N4O/c1-12-6-5-10-8-15(9-14-10)7-3-4-11(16)13-2/h8-9,12H,3-7H2,1-2H3,(H,13,16). The van der Waals surface area contributed by atoms with Crippen molar-refractivity contribution < 1.29 is 4.79 Å². The van der Waals surface area contributed by atoms with Crippen LogP contribution in [-0.2, 0) is 17.8 Å². The van der Waals surface area contributed by atoms with Crippen molar-refractivity contribution in [3.05, 3.63) is 18.2 Å². The molecule has 0 spiro atoms. The molecule has 0 bridgehead atoms. The Morgan fingerprint density at radius 2 is 2.31 bits per heavy atom. The van der Waals surface area contributed by atoms with Gasteiger partial charge in [0.05, 0.1) is 12.0 Å². The van der Waals surface area contributed by atoms with Crippen LogP contribution in [0.25, 0.3) is 0 Å². The summed E-state index contributed by atoms with van der Waals surface area (Å²) in [7, 11) is 3.59. The summed E-state index contributed by atoms with van der Waals surface area (Å²) in [5.41, 5.74) is 1.09. The van der Waals surface area contributed by atoms with Gasteiger partial charge < -0.3 is 15.2 Å². The monoisotopic (exact) mass is 224 g/mol. The molecule has 1 heterocycles. The van der Waals surface area contributed by atoms with Gasteiger partial charge in [0.2, 0.25) is 5.91 Å². The maximum absolute atomic E-state index is 11.0. The molecule has 0 aliphatic carbocycles. The summed E-state index contributed by atoms with van der Waals surface area (Å²) < 4.78 is 2.04. The van der Waals surface area contributed by atoms with Crippen molar-refractivity contribution in [2.75, 3.05) is 20.6 Å². The lowest BCUT2D eigenvalue weighted by Gasteiger charge is -2.01. The first-order valence-corrected chi connectivity index (χ1v) is 5.62. The molecule has 0 radical (unpaired) electrons. The van der Waals surface area contributed by atoms with Gasteiger partial charge in [-0.2, -0.15) is 0 Å². The molecule has 1 amide bonds. The number of hydrogen-bond donors (Lipinski definition) is 2. The second-order valence-corrected chi connectivity index (χ2v) is 3.73. The number of imidazole rings is 1. The van der Waals surface area contributed by atoms with E-state index in [0.717, 1.165) is 31.6 Å². The van der Waals surface area contributed by atoms with Gasteiger partial charge in [-0.15, -0.1) is 0 Å². The molecule has 2 N–H and O–H groups in total. The van der Waals surface area contributed by atoms with Crippen LogP contribution in [0, 0.1) is 0 Å². The summed E-state index contributed by atoms with van der Waals surface area (Å²) in [5.74, 6) is 0.0931. The Morgan fingerprint density at radius 1 is 1.50 bits per heavy atom. The number of nitrogens with one attached hydrogen (secondary N) is 2. The Labute approximate surface area is 96.3 Å². The third kappa shape index (κ3) is 4.44. The fraction of sp³-hybridized carbons (Fsp3) is 0.636. The molecule has 1 aromatic heterocycles. The van der Waals surface area contributed by atoms with Gasteiger partial charge >= 0.3 is 0 Å². The minimum Gasteiger partial charge on any atom is -0.359 e. The molecule has 0 aliphatic heterocycles. The second-order valence-electron chi connectivity index (χ2n) is 3.73. The van der Waals surface area contributed by atoms with E-state index in [1.54, 1.807) is 7.05 Å². The van der Waals surface area contributed by atoms with E-state index < -0.39 is 0 Å². The molecule has 5 heteroatoms. The highest BCUT2D eigenvalue weighted by molar-refractivity contribution is 5.75. The zero-order chi connectivity index (χ0) is 11.8. The molecule has 0 aliphatic rings. The predicted molar refractivity (Wildman–Crippen MR) is 63.2 cm³/mol. The van der Waals surface area contributed by atoms with Crippen LogP contribution in [0.2, 0.25) is 0 Å². The van der Waals surface area contributed by atoms with Gasteiger partial charge in [-0.05, 0) is 13.5 Å². The van der Waals surface area contributed by atoms with E-state index in [2.05, 4.69) is 15.6 Å². The number of hydrogen-bond acceptors (Lipinski definition) is 3. The third-order valence-electron chi connectivity index (χ3n) is 2.42. The van der Waals surface area contributed by atoms with Crippen LogP contribution in [0.3, 0.4) is 0 Å². The Morgan fingerprint density at radius 3 is 3.00 bits per heavy atom. The minimum absolute atomic E-state index is 0.0931. The third-order valence-corrected chi connectivity index (χ3v) is 2.42. The maximum Gasteiger partial charge on any atom is 0.219 e. The Kier molecular flexibility index (Phi) is 5.56. The van der Waals surface area contributed by atoms with E-state index in [4.69, 9.17) is 0 Å². The van der Waals surface area contributed by atoms with Crippen LogP contribution in [0.1, 0.15) is 18.5 Å². The molecule has 1 rings (SSSR count). The van der Waals surface area contributed by atoms with E-state index in [1.165, 1.54) is 0 Å². The first-order chi connectivity index (χ1) is 7.76. The lowest BCUT2D eigenvalue weighted by atomic mass is 10.3. The van der Waals surface area contributed by atoms with Gasteiger partial charge in [0, 0.05) is 39.2 Å². The normalized spacial score (nSPS) is 10.4. The second kappa shape index (κ2) is 7.00. The van der Waals surface area contributed by atoms with Gasteiger partial charge in [0.1, 0.15) is 0 Å². The van der Waals surface area contributed by atoms with Gasteiger partial charge in [-0.3, -0.25) is 4.79 Å². The average molecular weight is 224 g/mol. The quantitative estimate of drug-likeness (QED) is 0.694. The Hall–Kier alpha value is -1.36. The summed E-state index contributed by atoms with van der Waals surface area (Å²) in [4.78, 5) is 15.3. The Bertz CT molecular complexity index is 322. The number of carbonyl (C=O) groups excluding carboxylic acids is 1. The minimum atomic E-state index is 0.0931. The highest BCUT2D eigenvalue weighted by Gasteiger charge is 2.00. The van der Waals surface area contributed by atoms with Crippen molar-refractivity contribution in [1.82, 2.24) is 20.2 Å². The number of nitrogens with zero attached hydrogens (tertiary/aromatic N) is 2. The van der Waals surface area contributed by atoms with Crippen LogP contribution in [0.5, 0.6) is 0 Å².